The van der Waals surface area contributed by atoms with E-state index < -0.39 is 0 Å². The molecule has 6 nitrogen and oxygen atoms in total. The van der Waals surface area contributed by atoms with Gasteiger partial charge in [-0.1, -0.05) is 0 Å². The van der Waals surface area contributed by atoms with Crippen LogP contribution in [0.2, 0.25) is 0 Å². The SMILES string of the molecule is Cc1ccc(CN2CCC3(CCN(C(=O)c4cnccn4)CC3)C2)o1. The molecule has 1 amide bonds. The van der Waals surface area contributed by atoms with Gasteiger partial charge in [-0.15, -0.1) is 0 Å². The molecule has 2 aromatic rings. The molecule has 2 aliphatic rings. The summed E-state index contributed by atoms with van der Waals surface area (Å²) in [4.78, 5) is 25.0. The zero-order valence-electron chi connectivity index (χ0n) is 14.6. The van der Waals surface area contributed by atoms with Crippen LogP contribution in [0.25, 0.3) is 0 Å². The highest BCUT2D eigenvalue weighted by Crippen LogP contribution is 2.41. The topological polar surface area (TPSA) is 62.5 Å². The van der Waals surface area contributed by atoms with Crippen molar-refractivity contribution in [1.29, 1.82) is 0 Å². The van der Waals surface area contributed by atoms with E-state index in [1.54, 1.807) is 18.6 Å². The number of hydrogen-bond donors (Lipinski definition) is 0. The Kier molecular flexibility index (Phi) is 4.29. The number of amides is 1. The number of furan rings is 1. The van der Waals surface area contributed by atoms with Gasteiger partial charge in [-0.2, -0.15) is 0 Å². The summed E-state index contributed by atoms with van der Waals surface area (Å²) >= 11 is 0. The van der Waals surface area contributed by atoms with E-state index >= 15 is 0 Å². The molecule has 0 atom stereocenters. The van der Waals surface area contributed by atoms with Gasteiger partial charge in [0.15, 0.2) is 0 Å². The maximum atomic E-state index is 12.5. The highest BCUT2D eigenvalue weighted by Gasteiger charge is 2.41. The fourth-order valence-corrected chi connectivity index (χ4v) is 4.12. The van der Waals surface area contributed by atoms with Crippen LogP contribution in [0.1, 0.15) is 41.3 Å². The van der Waals surface area contributed by atoms with Gasteiger partial charge in [-0.3, -0.25) is 14.7 Å². The van der Waals surface area contributed by atoms with Crippen molar-refractivity contribution in [3.8, 4) is 0 Å². The minimum absolute atomic E-state index is 0.00358. The summed E-state index contributed by atoms with van der Waals surface area (Å²) in [5.74, 6) is 2.02. The fraction of sp³-hybridized carbons (Fsp3) is 0.526. The van der Waals surface area contributed by atoms with Crippen molar-refractivity contribution in [2.45, 2.75) is 32.7 Å². The van der Waals surface area contributed by atoms with E-state index in [1.807, 2.05) is 17.9 Å². The Labute approximate surface area is 147 Å². The van der Waals surface area contributed by atoms with Gasteiger partial charge in [-0.25, -0.2) is 4.98 Å². The predicted octanol–water partition coefficient (Wildman–Crippen LogP) is 2.51. The summed E-state index contributed by atoms with van der Waals surface area (Å²) in [6.07, 6.45) is 8.05. The minimum atomic E-state index is 0.00358. The Balaban J connectivity index is 1.33. The average molecular weight is 340 g/mol. The van der Waals surface area contributed by atoms with Gasteiger partial charge in [-0.05, 0) is 50.3 Å². The first-order valence-corrected chi connectivity index (χ1v) is 8.97. The molecule has 2 fully saturated rings. The smallest absolute Gasteiger partial charge is 0.274 e. The van der Waals surface area contributed by atoms with Crippen LogP contribution in [0, 0.1) is 12.3 Å². The maximum absolute atomic E-state index is 12.5. The first-order chi connectivity index (χ1) is 12.1. The van der Waals surface area contributed by atoms with E-state index in [0.29, 0.717) is 11.1 Å². The average Bonchev–Trinajstić information content (AvgIpc) is 3.22. The van der Waals surface area contributed by atoms with E-state index in [9.17, 15) is 4.79 Å². The molecule has 6 heteroatoms. The van der Waals surface area contributed by atoms with Crippen LogP contribution in [-0.2, 0) is 6.54 Å². The second-order valence-electron chi connectivity index (χ2n) is 7.36. The van der Waals surface area contributed by atoms with Crippen LogP contribution in [-0.4, -0.2) is 51.9 Å². The van der Waals surface area contributed by atoms with Crippen molar-refractivity contribution in [3.63, 3.8) is 0 Å². The third-order valence-electron chi connectivity index (χ3n) is 5.59. The Morgan fingerprint density at radius 1 is 1.20 bits per heavy atom. The fourth-order valence-electron chi connectivity index (χ4n) is 4.12. The van der Waals surface area contributed by atoms with Crippen LogP contribution in [0.5, 0.6) is 0 Å². The van der Waals surface area contributed by atoms with E-state index in [1.165, 1.54) is 6.42 Å². The van der Waals surface area contributed by atoms with Gasteiger partial charge >= 0.3 is 0 Å². The Hall–Kier alpha value is -2.21. The minimum Gasteiger partial charge on any atom is -0.465 e. The highest BCUT2D eigenvalue weighted by molar-refractivity contribution is 5.92. The van der Waals surface area contributed by atoms with Crippen molar-refractivity contribution in [3.05, 3.63) is 47.9 Å². The zero-order chi connectivity index (χ0) is 17.3. The molecule has 4 rings (SSSR count). The number of carbonyl (C=O) groups excluding carboxylic acids is 1. The Morgan fingerprint density at radius 3 is 2.68 bits per heavy atom. The first kappa shape index (κ1) is 16.3. The molecule has 4 heterocycles. The number of hydrogen-bond acceptors (Lipinski definition) is 5. The van der Waals surface area contributed by atoms with Gasteiger partial charge in [0.05, 0.1) is 12.7 Å². The van der Waals surface area contributed by atoms with Crippen LogP contribution in [0.3, 0.4) is 0 Å². The molecule has 0 saturated carbocycles. The lowest BCUT2D eigenvalue weighted by molar-refractivity contribution is 0.0580. The highest BCUT2D eigenvalue weighted by atomic mass is 16.3. The summed E-state index contributed by atoms with van der Waals surface area (Å²) in [7, 11) is 0. The number of likely N-dealkylation sites (tertiary alicyclic amines) is 2. The van der Waals surface area contributed by atoms with Crippen molar-refractivity contribution in [1.82, 2.24) is 19.8 Å². The number of aromatic nitrogens is 2. The van der Waals surface area contributed by atoms with Crippen LogP contribution < -0.4 is 0 Å². The van der Waals surface area contributed by atoms with Crippen molar-refractivity contribution in [2.24, 2.45) is 5.41 Å². The second kappa shape index (κ2) is 6.59. The molecule has 0 N–H and O–H groups in total. The molecule has 0 radical (unpaired) electrons. The van der Waals surface area contributed by atoms with Crippen LogP contribution in [0.4, 0.5) is 0 Å². The third kappa shape index (κ3) is 3.44. The van der Waals surface area contributed by atoms with E-state index in [0.717, 1.165) is 57.1 Å². The van der Waals surface area contributed by atoms with E-state index in [4.69, 9.17) is 4.42 Å². The molecule has 25 heavy (non-hydrogen) atoms. The quantitative estimate of drug-likeness (QED) is 0.859. The number of aryl methyl sites for hydroxylation is 1. The molecule has 0 unspecified atom stereocenters. The molecule has 2 aliphatic heterocycles. The summed E-state index contributed by atoms with van der Waals surface area (Å²) < 4.78 is 5.71. The number of rotatable bonds is 3. The number of nitrogens with zero attached hydrogens (tertiary/aromatic N) is 4. The van der Waals surface area contributed by atoms with Gasteiger partial charge < -0.3 is 9.32 Å². The molecule has 132 valence electrons. The van der Waals surface area contributed by atoms with E-state index in [2.05, 4.69) is 20.9 Å². The molecule has 0 aliphatic carbocycles. The Bertz CT molecular complexity index is 735. The van der Waals surface area contributed by atoms with Crippen LogP contribution in [0.15, 0.2) is 35.1 Å². The maximum Gasteiger partial charge on any atom is 0.274 e. The zero-order valence-corrected chi connectivity index (χ0v) is 14.6. The summed E-state index contributed by atoms with van der Waals surface area (Å²) in [5.41, 5.74) is 0.792. The molecule has 1 spiro atoms. The molecule has 0 bridgehead atoms. The lowest BCUT2D eigenvalue weighted by Crippen LogP contribution is -2.44. The molecule has 2 aromatic heterocycles. The second-order valence-corrected chi connectivity index (χ2v) is 7.36. The number of piperidine rings is 1. The van der Waals surface area contributed by atoms with Gasteiger partial charge in [0.1, 0.15) is 17.2 Å². The van der Waals surface area contributed by atoms with Gasteiger partial charge in [0.25, 0.3) is 5.91 Å². The van der Waals surface area contributed by atoms with Gasteiger partial charge in [0.2, 0.25) is 0 Å². The molecule has 0 aromatic carbocycles. The molecular weight excluding hydrogens is 316 g/mol. The Morgan fingerprint density at radius 2 is 2.00 bits per heavy atom. The van der Waals surface area contributed by atoms with E-state index in [-0.39, 0.29) is 5.91 Å². The summed E-state index contributed by atoms with van der Waals surface area (Å²) in [5, 5.41) is 0. The largest absolute Gasteiger partial charge is 0.465 e. The van der Waals surface area contributed by atoms with Crippen molar-refractivity contribution >= 4 is 5.91 Å². The van der Waals surface area contributed by atoms with Crippen molar-refractivity contribution < 1.29 is 9.21 Å². The number of carbonyl (C=O) groups is 1. The van der Waals surface area contributed by atoms with Crippen molar-refractivity contribution in [2.75, 3.05) is 26.2 Å². The van der Waals surface area contributed by atoms with Gasteiger partial charge in [0, 0.05) is 32.0 Å². The predicted molar refractivity (Wildman–Crippen MR) is 92.9 cm³/mol. The normalized spacial score (nSPS) is 20.3. The lowest BCUT2D eigenvalue weighted by atomic mass is 9.77. The van der Waals surface area contributed by atoms with Crippen LogP contribution >= 0.6 is 0 Å². The third-order valence-corrected chi connectivity index (χ3v) is 5.59. The molecule has 2 saturated heterocycles. The lowest BCUT2D eigenvalue weighted by Gasteiger charge is -2.39. The monoisotopic (exact) mass is 340 g/mol. The summed E-state index contributed by atoms with van der Waals surface area (Å²) in [6, 6.07) is 4.10. The summed E-state index contributed by atoms with van der Waals surface area (Å²) in [6.45, 7) is 6.70. The molecular formula is C19H24N4O2. The first-order valence-electron chi connectivity index (χ1n) is 8.97. The standard InChI is InChI=1S/C19H24N4O2/c1-15-2-3-16(25-15)13-22-9-4-19(14-22)5-10-23(11-6-19)18(24)17-12-20-7-8-21-17/h2-3,7-8,12H,4-6,9-11,13-14H2,1H3.